The Balaban J connectivity index is 2.03. The third-order valence-electron chi connectivity index (χ3n) is 2.95. The van der Waals surface area contributed by atoms with Gasteiger partial charge in [0.05, 0.1) is 0 Å². The minimum atomic E-state index is -0.448. The molecule has 106 valence electrons. The molecule has 2 aromatic rings. The average molecular weight is 291 g/mol. The van der Waals surface area contributed by atoms with Gasteiger partial charge in [-0.2, -0.15) is 0 Å². The van der Waals surface area contributed by atoms with Crippen molar-refractivity contribution in [3.05, 3.63) is 35.9 Å². The highest BCUT2D eigenvalue weighted by Crippen LogP contribution is 2.20. The van der Waals surface area contributed by atoms with Crippen molar-refractivity contribution >= 4 is 23.6 Å². The molecule has 1 amide bonds. The largest absolute Gasteiger partial charge is 0.368 e. The van der Waals surface area contributed by atoms with Gasteiger partial charge in [-0.3, -0.25) is 9.36 Å². The van der Waals surface area contributed by atoms with E-state index < -0.39 is 6.04 Å². The first-order valence-electron chi connectivity index (χ1n) is 6.19. The van der Waals surface area contributed by atoms with Crippen molar-refractivity contribution in [3.63, 3.8) is 0 Å². The summed E-state index contributed by atoms with van der Waals surface area (Å²) in [5.41, 5.74) is 6.81. The lowest BCUT2D eigenvalue weighted by Crippen LogP contribution is -2.31. The highest BCUT2D eigenvalue weighted by molar-refractivity contribution is 7.98. The van der Waals surface area contributed by atoms with E-state index in [1.807, 2.05) is 36.6 Å². The maximum atomic E-state index is 12.2. The van der Waals surface area contributed by atoms with Crippen molar-refractivity contribution in [1.29, 1.82) is 0 Å². The lowest BCUT2D eigenvalue weighted by Gasteiger charge is -2.15. The summed E-state index contributed by atoms with van der Waals surface area (Å²) in [5.74, 6) is 0.132. The molecule has 1 aromatic heterocycles. The van der Waals surface area contributed by atoms with E-state index >= 15 is 0 Å². The van der Waals surface area contributed by atoms with Gasteiger partial charge in [-0.15, -0.1) is 10.2 Å². The Bertz CT molecular complexity index is 584. The number of hydrogen-bond donors (Lipinski definition) is 2. The Labute approximate surface area is 121 Å². The minimum Gasteiger partial charge on any atom is -0.368 e. The molecule has 7 heteroatoms. The number of amides is 1. The van der Waals surface area contributed by atoms with Crippen LogP contribution < -0.4 is 11.1 Å². The molecule has 3 N–H and O–H groups in total. The van der Waals surface area contributed by atoms with Gasteiger partial charge in [0.15, 0.2) is 5.16 Å². The van der Waals surface area contributed by atoms with Crippen LogP contribution in [-0.2, 0) is 11.3 Å². The summed E-state index contributed by atoms with van der Waals surface area (Å²) < 4.78 is 1.63. The molecular weight excluding hydrogens is 274 g/mol. The molecule has 0 aliphatic rings. The molecular formula is C13H17N5OS. The zero-order valence-electron chi connectivity index (χ0n) is 11.4. The van der Waals surface area contributed by atoms with E-state index in [1.54, 1.807) is 11.5 Å². The second-order valence-electron chi connectivity index (χ2n) is 4.29. The quantitative estimate of drug-likeness (QED) is 0.815. The van der Waals surface area contributed by atoms with Crippen molar-refractivity contribution in [2.24, 2.45) is 0 Å². The van der Waals surface area contributed by atoms with Crippen LogP contribution in [0.2, 0.25) is 0 Å². The normalized spacial score (nSPS) is 12.1. The monoisotopic (exact) mass is 291 g/mol. The maximum absolute atomic E-state index is 12.2. The number of benzene rings is 1. The first-order valence-corrected chi connectivity index (χ1v) is 7.42. The number of thioether (sulfide) groups is 1. The number of carbonyl (C=O) groups is 1. The van der Waals surface area contributed by atoms with Gasteiger partial charge in [-0.25, -0.2) is 0 Å². The average Bonchev–Trinajstić information content (AvgIpc) is 2.86. The van der Waals surface area contributed by atoms with E-state index in [9.17, 15) is 4.79 Å². The summed E-state index contributed by atoms with van der Waals surface area (Å²) in [6, 6.07) is 9.30. The molecule has 1 aromatic carbocycles. The molecule has 6 nitrogen and oxygen atoms in total. The fourth-order valence-electron chi connectivity index (χ4n) is 1.84. The number of nitrogen functional groups attached to an aromatic ring is 1. The topological polar surface area (TPSA) is 85.8 Å². The van der Waals surface area contributed by atoms with Gasteiger partial charge < -0.3 is 11.1 Å². The van der Waals surface area contributed by atoms with Gasteiger partial charge in [-0.05, 0) is 18.7 Å². The smallest absolute Gasteiger partial charge is 0.243 e. The van der Waals surface area contributed by atoms with E-state index in [1.165, 1.54) is 11.8 Å². The van der Waals surface area contributed by atoms with Crippen LogP contribution in [-0.4, -0.2) is 26.9 Å². The number of anilines is 1. The van der Waals surface area contributed by atoms with Gasteiger partial charge in [0.25, 0.3) is 0 Å². The summed E-state index contributed by atoms with van der Waals surface area (Å²) >= 11 is 1.41. The van der Waals surface area contributed by atoms with Gasteiger partial charge in [0, 0.05) is 6.54 Å². The number of rotatable bonds is 5. The molecule has 0 aliphatic carbocycles. The second kappa shape index (κ2) is 6.42. The van der Waals surface area contributed by atoms with Crippen LogP contribution >= 0.6 is 11.8 Å². The first kappa shape index (κ1) is 14.4. The number of aromatic nitrogens is 3. The highest BCUT2D eigenvalue weighted by Gasteiger charge is 2.21. The summed E-state index contributed by atoms with van der Waals surface area (Å²) in [6.07, 6.45) is 1.87. The van der Waals surface area contributed by atoms with E-state index in [4.69, 9.17) is 5.73 Å². The molecule has 0 radical (unpaired) electrons. The summed E-state index contributed by atoms with van der Waals surface area (Å²) in [7, 11) is 0. The lowest BCUT2D eigenvalue weighted by molar-refractivity contribution is -0.124. The summed E-state index contributed by atoms with van der Waals surface area (Å²) in [6.45, 7) is 2.26. The van der Waals surface area contributed by atoms with Crippen molar-refractivity contribution in [3.8, 4) is 0 Å². The molecule has 2 rings (SSSR count). The molecule has 1 atom stereocenters. The summed E-state index contributed by atoms with van der Waals surface area (Å²) in [4.78, 5) is 12.2. The number of nitrogens with one attached hydrogen (secondary N) is 1. The second-order valence-corrected chi connectivity index (χ2v) is 5.07. The molecule has 0 saturated carbocycles. The Morgan fingerprint density at radius 1 is 1.40 bits per heavy atom. The van der Waals surface area contributed by atoms with Crippen LogP contribution in [0.15, 0.2) is 35.5 Å². The molecule has 0 aliphatic heterocycles. The fraction of sp³-hybridized carbons (Fsp3) is 0.308. The van der Waals surface area contributed by atoms with Crippen LogP contribution in [0, 0.1) is 0 Å². The van der Waals surface area contributed by atoms with E-state index in [0.29, 0.717) is 11.7 Å². The fourth-order valence-corrected chi connectivity index (χ4v) is 2.41. The number of carbonyl (C=O) groups excluding carboxylic acids is 1. The van der Waals surface area contributed by atoms with Crippen LogP contribution in [0.4, 0.5) is 5.95 Å². The zero-order chi connectivity index (χ0) is 14.5. The van der Waals surface area contributed by atoms with Crippen LogP contribution in [0.25, 0.3) is 0 Å². The van der Waals surface area contributed by atoms with Crippen molar-refractivity contribution in [2.75, 3.05) is 12.0 Å². The van der Waals surface area contributed by atoms with Gasteiger partial charge in [0.2, 0.25) is 11.9 Å². The SMILES string of the molecule is CSc1nnc(N)n1C(C)C(=O)NCc1ccccc1. The molecule has 20 heavy (non-hydrogen) atoms. The van der Waals surface area contributed by atoms with Crippen LogP contribution in [0.3, 0.4) is 0 Å². The Morgan fingerprint density at radius 3 is 2.75 bits per heavy atom. The number of nitrogens with two attached hydrogens (primary N) is 1. The van der Waals surface area contributed by atoms with Crippen LogP contribution in [0.1, 0.15) is 18.5 Å². The predicted molar refractivity (Wildman–Crippen MR) is 79.2 cm³/mol. The maximum Gasteiger partial charge on any atom is 0.243 e. The van der Waals surface area contributed by atoms with Crippen molar-refractivity contribution < 1.29 is 4.79 Å². The van der Waals surface area contributed by atoms with Gasteiger partial charge >= 0.3 is 0 Å². The van der Waals surface area contributed by atoms with Crippen LogP contribution in [0.5, 0.6) is 0 Å². The molecule has 0 saturated heterocycles. The van der Waals surface area contributed by atoms with Crippen molar-refractivity contribution in [2.45, 2.75) is 24.7 Å². The van der Waals surface area contributed by atoms with E-state index in [-0.39, 0.29) is 11.9 Å². The first-order chi connectivity index (χ1) is 9.63. The molecule has 0 spiro atoms. The van der Waals surface area contributed by atoms with E-state index in [2.05, 4.69) is 15.5 Å². The third kappa shape index (κ3) is 3.11. The Kier molecular flexibility index (Phi) is 4.62. The van der Waals surface area contributed by atoms with Gasteiger partial charge in [-0.1, -0.05) is 42.1 Å². The predicted octanol–water partition coefficient (Wildman–Crippen LogP) is 1.46. The Morgan fingerprint density at radius 2 is 2.10 bits per heavy atom. The molecule has 1 heterocycles. The zero-order valence-corrected chi connectivity index (χ0v) is 12.2. The van der Waals surface area contributed by atoms with Crippen molar-refractivity contribution in [1.82, 2.24) is 20.1 Å². The molecule has 0 bridgehead atoms. The Hall–Kier alpha value is -2.02. The van der Waals surface area contributed by atoms with E-state index in [0.717, 1.165) is 5.56 Å². The third-order valence-corrected chi connectivity index (χ3v) is 3.59. The minimum absolute atomic E-state index is 0.115. The number of nitrogens with zero attached hydrogens (tertiary/aromatic N) is 3. The van der Waals surface area contributed by atoms with Gasteiger partial charge in [0.1, 0.15) is 6.04 Å². The molecule has 1 unspecified atom stereocenters. The summed E-state index contributed by atoms with van der Waals surface area (Å²) in [5, 5.41) is 11.2. The molecule has 0 fully saturated rings. The number of hydrogen-bond acceptors (Lipinski definition) is 5. The standard InChI is InChI=1S/C13H17N5OS/c1-9(18-12(14)16-17-13(18)20-2)11(19)15-8-10-6-4-3-5-7-10/h3-7,9H,8H2,1-2H3,(H2,14,16)(H,15,19). The lowest BCUT2D eigenvalue weighted by atomic mass is 10.2. The highest BCUT2D eigenvalue weighted by atomic mass is 32.2.